The zero-order chi connectivity index (χ0) is 11.4. The average molecular weight is 253 g/mol. The molecule has 2 aromatic heterocycles. The Hall–Kier alpha value is -0.780. The summed E-state index contributed by atoms with van der Waals surface area (Å²) in [6.45, 7) is 6.08. The fraction of sp³-hybridized carbons (Fsp3) is 0.455. The highest BCUT2D eigenvalue weighted by Crippen LogP contribution is 2.24. The Morgan fingerprint density at radius 3 is 2.81 bits per heavy atom. The van der Waals surface area contributed by atoms with Crippen LogP contribution in [0.4, 0.5) is 0 Å². The summed E-state index contributed by atoms with van der Waals surface area (Å²) in [7, 11) is 0. The number of aromatic nitrogens is 2. The van der Waals surface area contributed by atoms with Crippen molar-refractivity contribution in [3.63, 3.8) is 0 Å². The fourth-order valence-electron chi connectivity index (χ4n) is 1.36. The molecule has 0 aliphatic rings. The van der Waals surface area contributed by atoms with E-state index in [0.717, 1.165) is 40.9 Å². The molecule has 2 rings (SSSR count). The van der Waals surface area contributed by atoms with E-state index in [1.54, 1.807) is 22.7 Å². The first kappa shape index (κ1) is 11.7. The Balaban J connectivity index is 2.02. The van der Waals surface area contributed by atoms with Gasteiger partial charge in [0.05, 0.1) is 10.7 Å². The Morgan fingerprint density at radius 2 is 2.12 bits per heavy atom. The summed E-state index contributed by atoms with van der Waals surface area (Å²) in [5, 5.41) is 9.64. The van der Waals surface area contributed by atoms with E-state index in [2.05, 4.69) is 33.0 Å². The fourth-order valence-corrected chi connectivity index (χ4v) is 2.81. The Morgan fingerprint density at radius 1 is 1.25 bits per heavy atom. The molecule has 2 heterocycles. The van der Waals surface area contributed by atoms with Crippen molar-refractivity contribution in [2.24, 2.45) is 0 Å². The molecule has 0 saturated heterocycles. The molecule has 0 spiro atoms. The molecule has 3 nitrogen and oxygen atoms in total. The van der Waals surface area contributed by atoms with Gasteiger partial charge in [0.2, 0.25) is 0 Å². The second-order valence-electron chi connectivity index (χ2n) is 3.57. The van der Waals surface area contributed by atoms with Crippen molar-refractivity contribution in [2.45, 2.75) is 26.8 Å². The molecule has 0 atom stereocenters. The summed E-state index contributed by atoms with van der Waals surface area (Å²) in [6, 6.07) is 0. The zero-order valence-electron chi connectivity index (χ0n) is 9.49. The van der Waals surface area contributed by atoms with Gasteiger partial charge in [-0.3, -0.25) is 0 Å². The summed E-state index contributed by atoms with van der Waals surface area (Å²) < 4.78 is 0. The van der Waals surface area contributed by atoms with Gasteiger partial charge in [0.1, 0.15) is 10.7 Å². The van der Waals surface area contributed by atoms with E-state index in [-0.39, 0.29) is 0 Å². The van der Waals surface area contributed by atoms with Crippen LogP contribution in [-0.4, -0.2) is 16.5 Å². The minimum atomic E-state index is 0.855. The van der Waals surface area contributed by atoms with Crippen LogP contribution in [0.2, 0.25) is 0 Å². The monoisotopic (exact) mass is 253 g/mol. The second kappa shape index (κ2) is 5.52. The summed E-state index contributed by atoms with van der Waals surface area (Å²) in [5.74, 6) is 0. The smallest absolute Gasteiger partial charge is 0.143 e. The van der Waals surface area contributed by atoms with Crippen molar-refractivity contribution in [3.8, 4) is 10.7 Å². The van der Waals surface area contributed by atoms with Gasteiger partial charge in [-0.15, -0.1) is 22.7 Å². The van der Waals surface area contributed by atoms with Crippen molar-refractivity contribution in [2.75, 3.05) is 6.54 Å². The van der Waals surface area contributed by atoms with E-state index < -0.39 is 0 Å². The van der Waals surface area contributed by atoms with E-state index in [9.17, 15) is 0 Å². The van der Waals surface area contributed by atoms with Crippen molar-refractivity contribution >= 4 is 22.7 Å². The third-order valence-electron chi connectivity index (χ3n) is 2.12. The van der Waals surface area contributed by atoms with Crippen LogP contribution in [0.3, 0.4) is 0 Å². The summed E-state index contributed by atoms with van der Waals surface area (Å²) in [5.41, 5.74) is 2.12. The lowest BCUT2D eigenvalue weighted by molar-refractivity contribution is 0.667. The number of nitrogens with one attached hydrogen (secondary N) is 1. The van der Waals surface area contributed by atoms with Crippen LogP contribution in [0.25, 0.3) is 10.7 Å². The maximum absolute atomic E-state index is 4.57. The first-order valence-electron chi connectivity index (χ1n) is 5.37. The van der Waals surface area contributed by atoms with E-state index in [0.29, 0.717) is 0 Å². The van der Waals surface area contributed by atoms with Gasteiger partial charge in [-0.1, -0.05) is 6.92 Å². The van der Waals surface area contributed by atoms with Crippen LogP contribution in [0.15, 0.2) is 10.8 Å². The molecule has 0 fully saturated rings. The van der Waals surface area contributed by atoms with Crippen LogP contribution < -0.4 is 5.32 Å². The minimum Gasteiger partial charge on any atom is -0.311 e. The Bertz CT molecular complexity index is 448. The highest BCUT2D eigenvalue weighted by Gasteiger charge is 2.07. The summed E-state index contributed by atoms with van der Waals surface area (Å²) in [6.07, 6.45) is 1.16. The van der Waals surface area contributed by atoms with Gasteiger partial charge in [-0.05, 0) is 19.9 Å². The third kappa shape index (κ3) is 2.87. The van der Waals surface area contributed by atoms with Crippen LogP contribution in [0, 0.1) is 6.92 Å². The van der Waals surface area contributed by atoms with E-state index in [1.165, 1.54) is 0 Å². The van der Waals surface area contributed by atoms with Gasteiger partial charge in [-0.25, -0.2) is 9.97 Å². The largest absolute Gasteiger partial charge is 0.311 e. The quantitative estimate of drug-likeness (QED) is 0.832. The van der Waals surface area contributed by atoms with Crippen molar-refractivity contribution in [1.82, 2.24) is 15.3 Å². The normalized spacial score (nSPS) is 10.9. The molecule has 0 unspecified atom stereocenters. The third-order valence-corrected chi connectivity index (χ3v) is 3.81. The molecule has 16 heavy (non-hydrogen) atoms. The zero-order valence-corrected chi connectivity index (χ0v) is 11.1. The van der Waals surface area contributed by atoms with Crippen LogP contribution in [-0.2, 0) is 6.54 Å². The standard InChI is InChI=1S/C11H15N3S2/c1-3-4-12-5-9-6-16-11(14-9)10-7-15-8(2)13-10/h6-7,12H,3-5H2,1-2H3. The van der Waals surface area contributed by atoms with E-state index in [1.807, 2.05) is 6.92 Å². The van der Waals surface area contributed by atoms with Crippen LogP contribution >= 0.6 is 22.7 Å². The predicted octanol–water partition coefficient (Wildman–Crippen LogP) is 3.07. The van der Waals surface area contributed by atoms with E-state index in [4.69, 9.17) is 0 Å². The van der Waals surface area contributed by atoms with Gasteiger partial charge in [0.25, 0.3) is 0 Å². The lowest BCUT2D eigenvalue weighted by Crippen LogP contribution is -2.13. The minimum absolute atomic E-state index is 0.855. The topological polar surface area (TPSA) is 37.8 Å². The summed E-state index contributed by atoms with van der Waals surface area (Å²) >= 11 is 3.34. The molecule has 0 radical (unpaired) electrons. The van der Waals surface area contributed by atoms with Crippen molar-refractivity contribution < 1.29 is 0 Å². The number of nitrogens with zero attached hydrogens (tertiary/aromatic N) is 2. The Kier molecular flexibility index (Phi) is 4.04. The molecule has 0 saturated carbocycles. The maximum Gasteiger partial charge on any atom is 0.143 e. The Labute approximate surface area is 104 Å². The molecular weight excluding hydrogens is 238 g/mol. The highest BCUT2D eigenvalue weighted by molar-refractivity contribution is 7.14. The van der Waals surface area contributed by atoms with Crippen molar-refractivity contribution in [1.29, 1.82) is 0 Å². The lowest BCUT2D eigenvalue weighted by Gasteiger charge is -1.97. The van der Waals surface area contributed by atoms with Crippen molar-refractivity contribution in [3.05, 3.63) is 21.5 Å². The van der Waals surface area contributed by atoms with Gasteiger partial charge in [-0.2, -0.15) is 0 Å². The first-order valence-corrected chi connectivity index (χ1v) is 7.13. The van der Waals surface area contributed by atoms with Gasteiger partial charge in [0.15, 0.2) is 0 Å². The maximum atomic E-state index is 4.57. The molecule has 0 aliphatic heterocycles. The molecule has 0 bridgehead atoms. The lowest BCUT2D eigenvalue weighted by atomic mass is 10.4. The molecule has 86 valence electrons. The van der Waals surface area contributed by atoms with E-state index >= 15 is 0 Å². The second-order valence-corrected chi connectivity index (χ2v) is 5.49. The molecule has 0 aliphatic carbocycles. The molecule has 0 aromatic carbocycles. The molecule has 0 amide bonds. The number of hydrogen-bond acceptors (Lipinski definition) is 5. The number of thiazole rings is 2. The van der Waals surface area contributed by atoms with Gasteiger partial charge < -0.3 is 5.32 Å². The number of hydrogen-bond donors (Lipinski definition) is 1. The molecule has 5 heteroatoms. The highest BCUT2D eigenvalue weighted by atomic mass is 32.1. The van der Waals surface area contributed by atoms with Gasteiger partial charge >= 0.3 is 0 Å². The first-order chi connectivity index (χ1) is 7.79. The average Bonchev–Trinajstić information content (AvgIpc) is 2.87. The predicted molar refractivity (Wildman–Crippen MR) is 70.0 cm³/mol. The number of aryl methyl sites for hydroxylation is 1. The molecule has 2 aromatic rings. The van der Waals surface area contributed by atoms with Crippen LogP contribution in [0.1, 0.15) is 24.0 Å². The molecular formula is C11H15N3S2. The molecule has 1 N–H and O–H groups in total. The van der Waals surface area contributed by atoms with Gasteiger partial charge in [0, 0.05) is 17.3 Å². The SMILES string of the molecule is CCCNCc1csc(-c2csc(C)n2)n1. The number of rotatable bonds is 5. The van der Waals surface area contributed by atoms with Crippen LogP contribution in [0.5, 0.6) is 0 Å². The summed E-state index contributed by atoms with van der Waals surface area (Å²) in [4.78, 5) is 9.00.